The van der Waals surface area contributed by atoms with Crippen LogP contribution < -0.4 is 0 Å². The van der Waals surface area contributed by atoms with Crippen LogP contribution in [-0.2, 0) is 19.1 Å². The van der Waals surface area contributed by atoms with E-state index in [2.05, 4.69) is 4.74 Å². The molecule has 1 atom stereocenters. The predicted molar refractivity (Wildman–Crippen MR) is 75.4 cm³/mol. The number of carbonyl (C=O) groups excluding carboxylic acids is 2. The molecule has 0 aliphatic heterocycles. The first-order valence-electron chi connectivity index (χ1n) is 7.44. The molecular weight excluding hydrogens is 320 g/mol. The van der Waals surface area contributed by atoms with Gasteiger partial charge in [0.2, 0.25) is 0 Å². The lowest BCUT2D eigenvalue weighted by molar-refractivity contribution is -0.176. The summed E-state index contributed by atoms with van der Waals surface area (Å²) in [4.78, 5) is 22.6. The Morgan fingerprint density at radius 1 is 1.04 bits per heavy atom. The molecule has 0 aliphatic rings. The van der Waals surface area contributed by atoms with Gasteiger partial charge >= 0.3 is 24.3 Å². The maximum atomic E-state index is 12.5. The fourth-order valence-corrected chi connectivity index (χ4v) is 1.63. The van der Waals surface area contributed by atoms with Gasteiger partial charge in [-0.05, 0) is 12.8 Å². The highest BCUT2D eigenvalue weighted by atomic mass is 19.3. The quantitative estimate of drug-likeness (QED) is 0.325. The third-order valence-corrected chi connectivity index (χ3v) is 2.85. The normalized spacial score (nSPS) is 13.3. The number of hydrogen-bond acceptors (Lipinski definition) is 4. The van der Waals surface area contributed by atoms with Crippen LogP contribution in [0.5, 0.6) is 0 Å². The van der Waals surface area contributed by atoms with E-state index in [1.807, 2.05) is 13.8 Å². The Morgan fingerprint density at radius 2 is 1.65 bits per heavy atom. The van der Waals surface area contributed by atoms with Crippen molar-refractivity contribution in [3.63, 3.8) is 0 Å². The van der Waals surface area contributed by atoms with Gasteiger partial charge in [-0.15, -0.1) is 0 Å². The molecule has 1 unspecified atom stereocenters. The summed E-state index contributed by atoms with van der Waals surface area (Å²) in [5, 5.41) is 0. The van der Waals surface area contributed by atoms with Crippen molar-refractivity contribution in [2.24, 2.45) is 0 Å². The van der Waals surface area contributed by atoms with Crippen LogP contribution in [0.15, 0.2) is 12.2 Å². The second-order valence-corrected chi connectivity index (χ2v) is 4.99. The van der Waals surface area contributed by atoms with Gasteiger partial charge in [-0.2, -0.15) is 8.78 Å². The van der Waals surface area contributed by atoms with Gasteiger partial charge in [0, 0.05) is 12.2 Å². The lowest BCUT2D eigenvalue weighted by Crippen LogP contribution is -2.33. The first-order valence-corrected chi connectivity index (χ1v) is 7.44. The summed E-state index contributed by atoms with van der Waals surface area (Å²) in [5.41, 5.74) is 0. The number of carbonyl (C=O) groups is 2. The van der Waals surface area contributed by atoms with Crippen LogP contribution in [0.2, 0.25) is 0 Å². The number of rotatable bonds is 11. The number of ether oxygens (including phenoxy) is 2. The number of hydrogen-bond donors (Lipinski definition) is 0. The Hall–Kier alpha value is -1.60. The van der Waals surface area contributed by atoms with Crippen molar-refractivity contribution in [3.8, 4) is 0 Å². The summed E-state index contributed by atoms with van der Waals surface area (Å²) < 4.78 is 57.9. The van der Waals surface area contributed by atoms with Crippen molar-refractivity contribution in [2.45, 2.75) is 64.4 Å². The molecule has 0 spiro atoms. The third kappa shape index (κ3) is 9.91. The van der Waals surface area contributed by atoms with Crippen molar-refractivity contribution in [1.82, 2.24) is 0 Å². The summed E-state index contributed by atoms with van der Waals surface area (Å²) in [7, 11) is 0. The Balaban J connectivity index is 4.30. The molecule has 0 heterocycles. The molecule has 0 radical (unpaired) electrons. The molecule has 0 aromatic carbocycles. The van der Waals surface area contributed by atoms with Crippen molar-refractivity contribution >= 4 is 11.9 Å². The lowest BCUT2D eigenvalue weighted by Gasteiger charge is -2.15. The van der Waals surface area contributed by atoms with Crippen LogP contribution >= 0.6 is 0 Å². The van der Waals surface area contributed by atoms with Crippen molar-refractivity contribution < 1.29 is 36.6 Å². The maximum Gasteiger partial charge on any atom is 0.340 e. The first-order chi connectivity index (χ1) is 10.7. The molecule has 0 aromatic rings. The lowest BCUT2D eigenvalue weighted by atomic mass is 10.1. The molecule has 23 heavy (non-hydrogen) atoms. The summed E-state index contributed by atoms with van der Waals surface area (Å²) >= 11 is 0. The fourth-order valence-electron chi connectivity index (χ4n) is 1.63. The van der Waals surface area contributed by atoms with E-state index in [9.17, 15) is 27.2 Å². The SMILES string of the molecule is CCCCC(CCC)OC(=O)/C=C/C(=O)OCC(F)(F)C(F)F. The van der Waals surface area contributed by atoms with Gasteiger partial charge in [-0.3, -0.25) is 0 Å². The van der Waals surface area contributed by atoms with Gasteiger partial charge in [0.25, 0.3) is 0 Å². The van der Waals surface area contributed by atoms with Crippen LogP contribution in [0, 0.1) is 0 Å². The van der Waals surface area contributed by atoms with E-state index in [-0.39, 0.29) is 6.10 Å². The molecule has 0 rings (SSSR count). The average molecular weight is 342 g/mol. The predicted octanol–water partition coefficient (Wildman–Crippen LogP) is 3.89. The molecule has 4 nitrogen and oxygen atoms in total. The van der Waals surface area contributed by atoms with Crippen molar-refractivity contribution in [3.05, 3.63) is 12.2 Å². The Labute approximate surface area is 132 Å². The van der Waals surface area contributed by atoms with Gasteiger partial charge in [-0.1, -0.05) is 33.1 Å². The largest absolute Gasteiger partial charge is 0.459 e. The van der Waals surface area contributed by atoms with E-state index in [0.717, 1.165) is 25.3 Å². The number of esters is 2. The highest BCUT2D eigenvalue weighted by molar-refractivity contribution is 5.91. The highest BCUT2D eigenvalue weighted by Gasteiger charge is 2.42. The van der Waals surface area contributed by atoms with E-state index in [1.54, 1.807) is 0 Å². The van der Waals surface area contributed by atoms with Gasteiger partial charge in [0.15, 0.2) is 6.61 Å². The molecule has 0 amide bonds. The second kappa shape index (κ2) is 11.0. The Morgan fingerprint density at radius 3 is 2.17 bits per heavy atom. The van der Waals surface area contributed by atoms with E-state index in [0.29, 0.717) is 18.9 Å². The van der Waals surface area contributed by atoms with Crippen LogP contribution in [0.4, 0.5) is 17.6 Å². The first kappa shape index (κ1) is 21.4. The number of alkyl halides is 4. The van der Waals surface area contributed by atoms with Gasteiger partial charge in [0.05, 0.1) is 0 Å². The van der Waals surface area contributed by atoms with Crippen molar-refractivity contribution in [2.75, 3.05) is 6.61 Å². The second-order valence-electron chi connectivity index (χ2n) is 4.99. The third-order valence-electron chi connectivity index (χ3n) is 2.85. The van der Waals surface area contributed by atoms with E-state index >= 15 is 0 Å². The van der Waals surface area contributed by atoms with Gasteiger partial charge in [-0.25, -0.2) is 18.4 Å². The minimum atomic E-state index is -4.42. The van der Waals surface area contributed by atoms with Crippen LogP contribution in [0.3, 0.4) is 0 Å². The zero-order chi connectivity index (χ0) is 17.9. The van der Waals surface area contributed by atoms with Gasteiger partial charge < -0.3 is 9.47 Å². The zero-order valence-corrected chi connectivity index (χ0v) is 13.2. The number of halogens is 4. The molecule has 0 bridgehead atoms. The molecule has 0 saturated carbocycles. The summed E-state index contributed by atoms with van der Waals surface area (Å²) in [6, 6.07) is 0. The number of unbranched alkanes of at least 4 members (excludes halogenated alkanes) is 1. The zero-order valence-electron chi connectivity index (χ0n) is 13.2. The van der Waals surface area contributed by atoms with Crippen LogP contribution in [-0.4, -0.2) is 37.0 Å². The molecule has 8 heteroatoms. The molecule has 0 aromatic heterocycles. The average Bonchev–Trinajstić information content (AvgIpc) is 2.48. The highest BCUT2D eigenvalue weighted by Crippen LogP contribution is 2.22. The minimum absolute atomic E-state index is 0.281. The maximum absolute atomic E-state index is 12.5. The summed E-state index contributed by atoms with van der Waals surface area (Å²) in [5.74, 6) is -6.55. The monoisotopic (exact) mass is 342 g/mol. The van der Waals surface area contributed by atoms with E-state index in [4.69, 9.17) is 4.74 Å². The van der Waals surface area contributed by atoms with Crippen molar-refractivity contribution in [1.29, 1.82) is 0 Å². The fraction of sp³-hybridized carbons (Fsp3) is 0.733. The molecule has 0 aliphatic carbocycles. The Bertz CT molecular complexity index is 397. The Kier molecular flexibility index (Phi) is 10.2. The smallest absolute Gasteiger partial charge is 0.340 e. The van der Waals surface area contributed by atoms with E-state index in [1.165, 1.54) is 0 Å². The summed E-state index contributed by atoms with van der Waals surface area (Å²) in [6.45, 7) is 2.18. The standard InChI is InChI=1S/C15H22F4O4/c1-3-5-7-11(6-4-2)23-13(21)9-8-12(20)22-10-15(18,19)14(16)17/h8-9,11,14H,3-7,10H2,1-2H3/b9-8+. The molecule has 0 N–H and O–H groups in total. The van der Waals surface area contributed by atoms with Gasteiger partial charge in [0.1, 0.15) is 6.10 Å². The van der Waals surface area contributed by atoms with E-state index < -0.39 is 30.9 Å². The molecular formula is C15H22F4O4. The van der Waals surface area contributed by atoms with Crippen LogP contribution in [0.1, 0.15) is 46.0 Å². The molecule has 0 fully saturated rings. The molecule has 134 valence electrons. The topological polar surface area (TPSA) is 52.6 Å². The summed E-state index contributed by atoms with van der Waals surface area (Å²) in [6.07, 6.45) is 1.10. The molecule has 0 saturated heterocycles. The minimum Gasteiger partial charge on any atom is -0.459 e. The van der Waals surface area contributed by atoms with Crippen LogP contribution in [0.25, 0.3) is 0 Å².